The fraction of sp³-hybridized carbons (Fsp3) is 0.348. The fourth-order valence-corrected chi connectivity index (χ4v) is 4.15. The van der Waals surface area contributed by atoms with Gasteiger partial charge in [0.25, 0.3) is 0 Å². The van der Waals surface area contributed by atoms with Gasteiger partial charge in [0.2, 0.25) is 0 Å². The van der Waals surface area contributed by atoms with Gasteiger partial charge in [-0.1, -0.05) is 6.07 Å². The Labute approximate surface area is 169 Å². The van der Waals surface area contributed by atoms with E-state index in [0.29, 0.717) is 17.9 Å². The molecule has 1 aromatic heterocycles. The predicted molar refractivity (Wildman–Crippen MR) is 111 cm³/mol. The summed E-state index contributed by atoms with van der Waals surface area (Å²) in [5, 5.41) is 0.928. The Morgan fingerprint density at radius 1 is 1.00 bits per heavy atom. The molecule has 3 aromatic rings. The lowest BCUT2D eigenvalue weighted by Gasteiger charge is -2.26. The Hall–Kier alpha value is -2.99. The van der Waals surface area contributed by atoms with Gasteiger partial charge in [-0.15, -0.1) is 0 Å². The van der Waals surface area contributed by atoms with Crippen LogP contribution < -0.4 is 19.8 Å². The third-order valence-electron chi connectivity index (χ3n) is 5.57. The van der Waals surface area contributed by atoms with Crippen LogP contribution in [0.2, 0.25) is 0 Å². The molecule has 0 bridgehead atoms. The number of methoxy groups -OCH3 is 3. The maximum atomic E-state index is 12.1. The largest absolute Gasteiger partial charge is 0.497 e. The average Bonchev–Trinajstić information content (AvgIpc) is 3.20. The second kappa shape index (κ2) is 8.17. The first-order valence-electron chi connectivity index (χ1n) is 9.69. The van der Waals surface area contributed by atoms with Crippen LogP contribution in [0.1, 0.15) is 30.0 Å². The van der Waals surface area contributed by atoms with Gasteiger partial charge in [0.1, 0.15) is 22.8 Å². The Morgan fingerprint density at radius 2 is 1.76 bits per heavy atom. The molecule has 0 N–H and O–H groups in total. The number of likely N-dealkylation sites (tertiary alicyclic amines) is 1. The number of ether oxygens (including phenoxy) is 3. The molecular formula is C23H25NO5. The Morgan fingerprint density at radius 3 is 2.52 bits per heavy atom. The lowest BCUT2D eigenvalue weighted by atomic mass is 10.0. The van der Waals surface area contributed by atoms with Gasteiger partial charge in [0.15, 0.2) is 0 Å². The van der Waals surface area contributed by atoms with Crippen LogP contribution in [0.15, 0.2) is 51.7 Å². The smallest absolute Gasteiger partial charge is 0.336 e. The van der Waals surface area contributed by atoms with Crippen molar-refractivity contribution in [2.45, 2.75) is 25.4 Å². The van der Waals surface area contributed by atoms with E-state index >= 15 is 0 Å². The summed E-state index contributed by atoms with van der Waals surface area (Å²) in [6, 6.07) is 13.4. The van der Waals surface area contributed by atoms with Crippen molar-refractivity contribution in [2.24, 2.45) is 0 Å². The summed E-state index contributed by atoms with van der Waals surface area (Å²) in [6.07, 6.45) is 2.13. The van der Waals surface area contributed by atoms with Crippen LogP contribution in [-0.4, -0.2) is 32.8 Å². The van der Waals surface area contributed by atoms with Crippen molar-refractivity contribution in [3.8, 4) is 17.2 Å². The summed E-state index contributed by atoms with van der Waals surface area (Å²) in [7, 11) is 4.93. The molecule has 0 radical (unpaired) electrons. The minimum Gasteiger partial charge on any atom is -0.497 e. The second-order valence-electron chi connectivity index (χ2n) is 7.19. The molecule has 0 amide bonds. The maximum Gasteiger partial charge on any atom is 0.336 e. The van der Waals surface area contributed by atoms with Gasteiger partial charge in [0, 0.05) is 41.7 Å². The highest BCUT2D eigenvalue weighted by Gasteiger charge is 2.29. The Kier molecular flexibility index (Phi) is 5.45. The fourth-order valence-electron chi connectivity index (χ4n) is 4.15. The van der Waals surface area contributed by atoms with Crippen LogP contribution in [0, 0.1) is 0 Å². The molecule has 6 nitrogen and oxygen atoms in total. The van der Waals surface area contributed by atoms with Gasteiger partial charge >= 0.3 is 5.63 Å². The predicted octanol–water partition coefficient (Wildman–Crippen LogP) is 4.16. The van der Waals surface area contributed by atoms with E-state index in [9.17, 15) is 4.79 Å². The van der Waals surface area contributed by atoms with E-state index in [1.54, 1.807) is 33.5 Å². The number of fused-ring (bicyclic) bond motifs is 1. The van der Waals surface area contributed by atoms with Crippen molar-refractivity contribution < 1.29 is 18.6 Å². The van der Waals surface area contributed by atoms with Crippen LogP contribution in [0.25, 0.3) is 11.0 Å². The lowest BCUT2D eigenvalue weighted by Crippen LogP contribution is -2.24. The van der Waals surface area contributed by atoms with Gasteiger partial charge in [-0.05, 0) is 43.1 Å². The van der Waals surface area contributed by atoms with Crippen molar-refractivity contribution in [2.75, 3.05) is 27.9 Å². The average molecular weight is 395 g/mol. The standard InChI is InChI=1S/C23H25NO5/c1-26-16-7-9-19(21(12-16)28-3)20-5-4-10-24(20)14-15-11-23(25)29-22-13-17(27-2)6-8-18(15)22/h6-9,11-13,20H,4-5,10,14H2,1-3H3. The second-order valence-corrected chi connectivity index (χ2v) is 7.19. The first kappa shape index (κ1) is 19.3. The first-order chi connectivity index (χ1) is 14.1. The SMILES string of the molecule is COc1ccc(C2CCCN2Cc2cc(=O)oc3cc(OC)ccc23)c(OC)c1. The molecular weight excluding hydrogens is 370 g/mol. The zero-order chi connectivity index (χ0) is 20.4. The van der Waals surface area contributed by atoms with Crippen LogP contribution in [0.5, 0.6) is 17.2 Å². The van der Waals surface area contributed by atoms with Gasteiger partial charge in [-0.2, -0.15) is 0 Å². The molecule has 1 aliphatic rings. The van der Waals surface area contributed by atoms with Crippen molar-refractivity contribution in [1.29, 1.82) is 0 Å². The van der Waals surface area contributed by atoms with Crippen LogP contribution >= 0.6 is 0 Å². The zero-order valence-corrected chi connectivity index (χ0v) is 16.9. The van der Waals surface area contributed by atoms with Gasteiger partial charge in [-0.3, -0.25) is 4.90 Å². The lowest BCUT2D eigenvalue weighted by molar-refractivity contribution is 0.243. The summed E-state index contributed by atoms with van der Waals surface area (Å²) >= 11 is 0. The summed E-state index contributed by atoms with van der Waals surface area (Å²) < 4.78 is 21.6. The van der Waals surface area contributed by atoms with Crippen LogP contribution in [-0.2, 0) is 6.54 Å². The van der Waals surface area contributed by atoms with E-state index in [0.717, 1.165) is 47.4 Å². The van der Waals surface area contributed by atoms with E-state index in [4.69, 9.17) is 18.6 Å². The minimum atomic E-state index is -0.349. The molecule has 152 valence electrons. The van der Waals surface area contributed by atoms with Crippen molar-refractivity contribution in [3.63, 3.8) is 0 Å². The van der Waals surface area contributed by atoms with E-state index in [2.05, 4.69) is 11.0 Å². The van der Waals surface area contributed by atoms with E-state index in [-0.39, 0.29) is 11.7 Å². The van der Waals surface area contributed by atoms with Gasteiger partial charge in [0.05, 0.1) is 21.3 Å². The molecule has 0 aliphatic carbocycles. The van der Waals surface area contributed by atoms with Crippen molar-refractivity contribution in [3.05, 3.63) is 64.0 Å². The number of benzene rings is 2. The minimum absolute atomic E-state index is 0.219. The number of hydrogen-bond acceptors (Lipinski definition) is 6. The molecule has 2 aromatic carbocycles. The molecule has 6 heteroatoms. The third kappa shape index (κ3) is 3.80. The van der Waals surface area contributed by atoms with Crippen molar-refractivity contribution in [1.82, 2.24) is 4.90 Å². The maximum absolute atomic E-state index is 12.1. The number of hydrogen-bond donors (Lipinski definition) is 0. The summed E-state index contributed by atoms with van der Waals surface area (Å²) in [4.78, 5) is 14.5. The number of rotatable bonds is 6. The highest BCUT2D eigenvalue weighted by Crippen LogP contribution is 2.39. The molecule has 29 heavy (non-hydrogen) atoms. The molecule has 1 aliphatic heterocycles. The Bertz CT molecular complexity index is 1070. The molecule has 0 saturated carbocycles. The molecule has 1 saturated heterocycles. The normalized spacial score (nSPS) is 16.9. The van der Waals surface area contributed by atoms with Crippen LogP contribution in [0.4, 0.5) is 0 Å². The van der Waals surface area contributed by atoms with Crippen molar-refractivity contribution >= 4 is 11.0 Å². The number of nitrogens with zero attached hydrogens (tertiary/aromatic N) is 1. The molecule has 0 spiro atoms. The molecule has 4 rings (SSSR count). The highest BCUT2D eigenvalue weighted by atomic mass is 16.5. The topological polar surface area (TPSA) is 61.1 Å². The quantitative estimate of drug-likeness (QED) is 0.584. The van der Waals surface area contributed by atoms with E-state index in [1.165, 1.54) is 0 Å². The molecule has 1 unspecified atom stereocenters. The molecule has 1 fully saturated rings. The van der Waals surface area contributed by atoms with Crippen LogP contribution in [0.3, 0.4) is 0 Å². The van der Waals surface area contributed by atoms with E-state index in [1.807, 2.05) is 24.3 Å². The monoisotopic (exact) mass is 395 g/mol. The molecule has 1 atom stereocenters. The highest BCUT2D eigenvalue weighted by molar-refractivity contribution is 5.81. The molecule has 2 heterocycles. The summed E-state index contributed by atoms with van der Waals surface area (Å²) in [6.45, 7) is 1.62. The Balaban J connectivity index is 1.68. The summed E-state index contributed by atoms with van der Waals surface area (Å²) in [5.74, 6) is 2.26. The summed E-state index contributed by atoms with van der Waals surface area (Å²) in [5.41, 5.74) is 2.29. The zero-order valence-electron chi connectivity index (χ0n) is 16.9. The van der Waals surface area contributed by atoms with Gasteiger partial charge < -0.3 is 18.6 Å². The third-order valence-corrected chi connectivity index (χ3v) is 5.57. The first-order valence-corrected chi connectivity index (χ1v) is 9.69. The van der Waals surface area contributed by atoms with Gasteiger partial charge in [-0.25, -0.2) is 4.79 Å². The van der Waals surface area contributed by atoms with E-state index < -0.39 is 0 Å².